The lowest BCUT2D eigenvalue weighted by atomic mass is 9.89. The number of aromatic nitrogens is 3. The molecule has 0 radical (unpaired) electrons. The highest BCUT2D eigenvalue weighted by atomic mass is 35.5. The number of nitrogens with one attached hydrogen (secondary N) is 1. The van der Waals surface area contributed by atoms with Crippen LogP contribution in [0.4, 0.5) is 5.69 Å². The summed E-state index contributed by atoms with van der Waals surface area (Å²) in [5.41, 5.74) is 0.442. The van der Waals surface area contributed by atoms with Crippen molar-refractivity contribution in [3.8, 4) is 0 Å². The van der Waals surface area contributed by atoms with Crippen LogP contribution in [0.3, 0.4) is 0 Å². The van der Waals surface area contributed by atoms with E-state index in [1.54, 1.807) is 18.2 Å². The first-order valence-corrected chi connectivity index (χ1v) is 10.1. The van der Waals surface area contributed by atoms with E-state index < -0.39 is 0 Å². The molecule has 1 aromatic carbocycles. The summed E-state index contributed by atoms with van der Waals surface area (Å²) < 4.78 is 2.01. The number of anilines is 1. The van der Waals surface area contributed by atoms with Gasteiger partial charge in [-0.1, -0.05) is 60.3 Å². The Morgan fingerprint density at radius 2 is 1.92 bits per heavy atom. The van der Waals surface area contributed by atoms with Crippen LogP contribution < -0.4 is 5.32 Å². The van der Waals surface area contributed by atoms with Crippen LogP contribution in [0.2, 0.25) is 10.0 Å². The Kier molecular flexibility index (Phi) is 6.25. The predicted octanol–water partition coefficient (Wildman–Crippen LogP) is 4.90. The molecule has 0 unspecified atom stereocenters. The number of amides is 1. The maximum Gasteiger partial charge on any atom is 0.234 e. The summed E-state index contributed by atoms with van der Waals surface area (Å²) in [4.78, 5) is 12.2. The van der Waals surface area contributed by atoms with Crippen LogP contribution in [0.25, 0.3) is 0 Å². The molecule has 1 amide bonds. The molecular weight excluding hydrogens is 379 g/mol. The van der Waals surface area contributed by atoms with Gasteiger partial charge in [-0.05, 0) is 25.0 Å². The molecule has 1 fully saturated rings. The monoisotopic (exact) mass is 398 g/mol. The maximum absolute atomic E-state index is 12.2. The Labute approximate surface area is 161 Å². The highest BCUT2D eigenvalue weighted by Gasteiger charge is 2.22. The molecule has 0 aliphatic heterocycles. The van der Waals surface area contributed by atoms with Crippen LogP contribution in [0.5, 0.6) is 0 Å². The zero-order valence-corrected chi connectivity index (χ0v) is 16.3. The molecule has 0 spiro atoms. The molecule has 1 N–H and O–H groups in total. The van der Waals surface area contributed by atoms with Gasteiger partial charge >= 0.3 is 0 Å². The van der Waals surface area contributed by atoms with Crippen molar-refractivity contribution >= 4 is 46.6 Å². The molecule has 25 heavy (non-hydrogen) atoms. The average Bonchev–Trinajstić information content (AvgIpc) is 2.98. The van der Waals surface area contributed by atoms with Gasteiger partial charge in [-0.25, -0.2) is 0 Å². The fourth-order valence-corrected chi connectivity index (χ4v) is 4.30. The van der Waals surface area contributed by atoms with Crippen molar-refractivity contribution in [3.63, 3.8) is 0 Å². The van der Waals surface area contributed by atoms with E-state index in [2.05, 4.69) is 15.5 Å². The summed E-state index contributed by atoms with van der Waals surface area (Å²) in [5.74, 6) is 1.55. The molecule has 5 nitrogen and oxygen atoms in total. The number of carbonyl (C=O) groups excluding carboxylic acids is 1. The number of benzene rings is 1. The zero-order valence-electron chi connectivity index (χ0n) is 14.0. The SMILES string of the molecule is Cn1c(SCC(=O)Nc2c(Cl)cccc2Cl)nnc1C1CCCCC1. The van der Waals surface area contributed by atoms with Gasteiger partial charge < -0.3 is 9.88 Å². The smallest absolute Gasteiger partial charge is 0.234 e. The predicted molar refractivity (Wildman–Crippen MR) is 103 cm³/mol. The third kappa shape index (κ3) is 4.49. The van der Waals surface area contributed by atoms with Crippen LogP contribution >= 0.6 is 35.0 Å². The minimum Gasteiger partial charge on any atom is -0.323 e. The summed E-state index contributed by atoms with van der Waals surface area (Å²) in [6.45, 7) is 0. The highest BCUT2D eigenvalue weighted by molar-refractivity contribution is 7.99. The Balaban J connectivity index is 1.60. The molecule has 1 aliphatic carbocycles. The third-order valence-corrected chi connectivity index (χ3v) is 6.05. The number of hydrogen-bond donors (Lipinski definition) is 1. The lowest BCUT2D eigenvalue weighted by Gasteiger charge is -2.20. The fraction of sp³-hybridized carbons (Fsp3) is 0.471. The minimum absolute atomic E-state index is 0.179. The summed E-state index contributed by atoms with van der Waals surface area (Å²) in [5, 5.41) is 12.9. The second-order valence-corrected chi connectivity index (χ2v) is 7.93. The quantitative estimate of drug-likeness (QED) is 0.727. The van der Waals surface area contributed by atoms with Gasteiger partial charge in [0.15, 0.2) is 5.16 Å². The standard InChI is InChI=1S/C17H20Cl2N4OS/c1-23-16(11-6-3-2-4-7-11)21-22-17(23)25-10-14(24)20-15-12(18)8-5-9-13(15)19/h5,8-9,11H,2-4,6-7,10H2,1H3,(H,20,24). The molecular formula is C17H20Cl2N4OS. The topological polar surface area (TPSA) is 59.8 Å². The van der Waals surface area contributed by atoms with Crippen LogP contribution in [-0.4, -0.2) is 26.4 Å². The van der Waals surface area contributed by atoms with Gasteiger partial charge in [-0.3, -0.25) is 4.79 Å². The van der Waals surface area contributed by atoms with E-state index in [1.807, 2.05) is 11.6 Å². The fourth-order valence-electron chi connectivity index (χ4n) is 3.09. The molecule has 2 aromatic rings. The molecule has 3 rings (SSSR count). The van der Waals surface area contributed by atoms with Gasteiger partial charge in [0.25, 0.3) is 0 Å². The van der Waals surface area contributed by atoms with Gasteiger partial charge in [-0.2, -0.15) is 0 Å². The second-order valence-electron chi connectivity index (χ2n) is 6.17. The summed E-state index contributed by atoms with van der Waals surface area (Å²) in [6, 6.07) is 5.12. The van der Waals surface area contributed by atoms with Crippen molar-refractivity contribution in [1.29, 1.82) is 0 Å². The van der Waals surface area contributed by atoms with Crippen LogP contribution in [0.15, 0.2) is 23.4 Å². The lowest BCUT2D eigenvalue weighted by Crippen LogP contribution is -2.15. The van der Waals surface area contributed by atoms with E-state index >= 15 is 0 Å². The van der Waals surface area contributed by atoms with E-state index in [-0.39, 0.29) is 11.7 Å². The Morgan fingerprint density at radius 1 is 1.24 bits per heavy atom. The van der Waals surface area contributed by atoms with Gasteiger partial charge in [0.2, 0.25) is 5.91 Å². The van der Waals surface area contributed by atoms with Gasteiger partial charge in [0, 0.05) is 13.0 Å². The maximum atomic E-state index is 12.2. The minimum atomic E-state index is -0.179. The number of hydrogen-bond acceptors (Lipinski definition) is 4. The van der Waals surface area contributed by atoms with Crippen LogP contribution in [0, 0.1) is 0 Å². The van der Waals surface area contributed by atoms with E-state index in [0.29, 0.717) is 21.7 Å². The summed E-state index contributed by atoms with van der Waals surface area (Å²) >= 11 is 13.5. The van der Waals surface area contributed by atoms with Crippen molar-refractivity contribution in [3.05, 3.63) is 34.1 Å². The van der Waals surface area contributed by atoms with Gasteiger partial charge in [-0.15, -0.1) is 10.2 Å². The van der Waals surface area contributed by atoms with E-state index in [9.17, 15) is 4.79 Å². The number of halogens is 2. The first-order chi connectivity index (χ1) is 12.1. The normalized spacial score (nSPS) is 15.3. The Morgan fingerprint density at radius 3 is 2.60 bits per heavy atom. The van der Waals surface area contributed by atoms with E-state index in [1.165, 1.54) is 43.9 Å². The molecule has 8 heteroatoms. The van der Waals surface area contributed by atoms with Gasteiger partial charge in [0.05, 0.1) is 21.5 Å². The van der Waals surface area contributed by atoms with Crippen LogP contribution in [0.1, 0.15) is 43.8 Å². The molecule has 0 bridgehead atoms. The van der Waals surface area contributed by atoms with Gasteiger partial charge in [0.1, 0.15) is 5.82 Å². The summed E-state index contributed by atoms with van der Waals surface area (Å²) in [6.07, 6.45) is 6.15. The Hall–Kier alpha value is -1.24. The first kappa shape index (κ1) is 18.5. The van der Waals surface area contributed by atoms with Crippen molar-refractivity contribution in [2.45, 2.75) is 43.2 Å². The van der Waals surface area contributed by atoms with Crippen molar-refractivity contribution < 1.29 is 4.79 Å². The van der Waals surface area contributed by atoms with Crippen molar-refractivity contribution in [2.75, 3.05) is 11.1 Å². The molecule has 1 heterocycles. The van der Waals surface area contributed by atoms with Crippen molar-refractivity contribution in [1.82, 2.24) is 14.8 Å². The molecule has 1 aliphatic rings. The number of nitrogens with zero attached hydrogens (tertiary/aromatic N) is 3. The number of thioether (sulfide) groups is 1. The summed E-state index contributed by atoms with van der Waals surface area (Å²) in [7, 11) is 1.97. The highest BCUT2D eigenvalue weighted by Crippen LogP contribution is 2.33. The zero-order chi connectivity index (χ0) is 17.8. The van der Waals surface area contributed by atoms with E-state index in [4.69, 9.17) is 23.2 Å². The largest absolute Gasteiger partial charge is 0.323 e. The Bertz CT molecular complexity index is 739. The lowest BCUT2D eigenvalue weighted by molar-refractivity contribution is -0.113. The number of para-hydroxylation sites is 1. The average molecular weight is 399 g/mol. The third-order valence-electron chi connectivity index (χ3n) is 4.40. The first-order valence-electron chi connectivity index (χ1n) is 8.32. The number of rotatable bonds is 5. The molecule has 0 saturated heterocycles. The van der Waals surface area contributed by atoms with Crippen LogP contribution in [-0.2, 0) is 11.8 Å². The molecule has 1 aromatic heterocycles. The molecule has 134 valence electrons. The number of carbonyl (C=O) groups is 1. The molecule has 0 atom stereocenters. The van der Waals surface area contributed by atoms with E-state index in [0.717, 1.165) is 11.0 Å². The van der Waals surface area contributed by atoms with Crippen molar-refractivity contribution in [2.24, 2.45) is 7.05 Å². The molecule has 1 saturated carbocycles. The second kappa shape index (κ2) is 8.43.